The highest BCUT2D eigenvalue weighted by atomic mass is 16.7. The van der Waals surface area contributed by atoms with Crippen LogP contribution in [0.25, 0.3) is 0 Å². The number of aliphatic hydroxyl groups excluding tert-OH is 1. The van der Waals surface area contributed by atoms with Crippen molar-refractivity contribution in [2.75, 3.05) is 0 Å². The van der Waals surface area contributed by atoms with E-state index in [0.717, 1.165) is 0 Å². The number of rotatable bonds is 7. The van der Waals surface area contributed by atoms with E-state index in [1.54, 1.807) is 32.9 Å². The number of aromatic hydroxyl groups is 2. The number of fused-ring (bicyclic) bond motifs is 3. The van der Waals surface area contributed by atoms with Crippen LogP contribution in [0.3, 0.4) is 0 Å². The Hall–Kier alpha value is -3.64. The molecule has 53 heavy (non-hydrogen) atoms. The van der Waals surface area contributed by atoms with Gasteiger partial charge in [0.05, 0.1) is 35.5 Å². The van der Waals surface area contributed by atoms with Crippen molar-refractivity contribution in [3.63, 3.8) is 0 Å². The van der Waals surface area contributed by atoms with Crippen LogP contribution in [0.4, 0.5) is 0 Å². The smallest absolute Gasteiger partial charge is 0.198 e. The Balaban J connectivity index is 1.07. The van der Waals surface area contributed by atoms with Crippen LogP contribution >= 0.6 is 0 Å². The molecule has 12 atom stereocenters. The van der Waals surface area contributed by atoms with Gasteiger partial charge in [-0.25, -0.2) is 0 Å². The van der Waals surface area contributed by atoms with Gasteiger partial charge in [-0.3, -0.25) is 19.2 Å². The number of benzene rings is 2. The van der Waals surface area contributed by atoms with E-state index in [-0.39, 0.29) is 52.9 Å². The first-order valence-corrected chi connectivity index (χ1v) is 18.0. The molecule has 6 N–H and O–H groups in total. The highest BCUT2D eigenvalue weighted by Gasteiger charge is 2.50. The summed E-state index contributed by atoms with van der Waals surface area (Å²) in [5.74, 6) is -3.19. The molecule has 2 aliphatic carbocycles. The third-order valence-electron chi connectivity index (χ3n) is 11.2. The van der Waals surface area contributed by atoms with Crippen LogP contribution in [0.15, 0.2) is 24.3 Å². The maximum absolute atomic E-state index is 13.6. The molecule has 0 radical (unpaired) electrons. The first kappa shape index (κ1) is 37.7. The molecular weight excluding hydrogens is 694 g/mol. The third kappa shape index (κ3) is 6.72. The zero-order valence-electron chi connectivity index (χ0n) is 29.9. The molecule has 2 aromatic carbocycles. The summed E-state index contributed by atoms with van der Waals surface area (Å²) in [7, 11) is 0. The standard InChI is InChI=1S/C38H45NO14/c1-15-23(41)9-10-26(48-15)52-37-17(3)50-28(12-24(37)42)53-36-16(2)49-27(11-22(36)39)51-25-14-38(47,18(4)40)13-21-29(25)35(46)31-30(34(21)45)32(43)19-7-5-6-8-20(19)33(31)44/h5-8,15-17,22,24-28,36-37,42,45-47H,9-14,39H2,1-4H3/t15?,16?,17?,22?,24?,25-,26-,27-,28-,36+,37+,38-/m0/s1. The van der Waals surface area contributed by atoms with Gasteiger partial charge in [0.1, 0.15) is 35.4 Å². The van der Waals surface area contributed by atoms with Gasteiger partial charge in [0, 0.05) is 66.8 Å². The van der Waals surface area contributed by atoms with Crippen molar-refractivity contribution in [2.45, 2.75) is 139 Å². The van der Waals surface area contributed by atoms with Gasteiger partial charge in [0.2, 0.25) is 0 Å². The Kier molecular flexibility index (Phi) is 10.1. The van der Waals surface area contributed by atoms with Crippen LogP contribution in [0.5, 0.6) is 11.5 Å². The minimum absolute atomic E-state index is 0.00243. The number of phenolic OH excluding ortho intramolecular Hbond substituents is 2. The summed E-state index contributed by atoms with van der Waals surface area (Å²) < 4.78 is 36.4. The van der Waals surface area contributed by atoms with Crippen LogP contribution in [0, 0.1) is 0 Å². The van der Waals surface area contributed by atoms with Crippen LogP contribution in [0.2, 0.25) is 0 Å². The van der Waals surface area contributed by atoms with Crippen LogP contribution in [0.1, 0.15) is 109 Å². The molecule has 5 aliphatic rings. The van der Waals surface area contributed by atoms with Gasteiger partial charge < -0.3 is 54.6 Å². The average molecular weight is 740 g/mol. The van der Waals surface area contributed by atoms with Crippen molar-refractivity contribution >= 4 is 23.1 Å². The van der Waals surface area contributed by atoms with Gasteiger partial charge in [-0.1, -0.05) is 24.3 Å². The number of carbonyl (C=O) groups excluding carboxylic acids is 4. The third-order valence-corrected chi connectivity index (χ3v) is 11.2. The fourth-order valence-electron chi connectivity index (χ4n) is 8.22. The highest BCUT2D eigenvalue weighted by molar-refractivity contribution is 6.30. The van der Waals surface area contributed by atoms with E-state index >= 15 is 0 Å². The molecule has 0 saturated carbocycles. The average Bonchev–Trinajstić information content (AvgIpc) is 3.10. The molecule has 3 aliphatic heterocycles. The zero-order valence-corrected chi connectivity index (χ0v) is 29.9. The second-order valence-corrected chi connectivity index (χ2v) is 14.8. The monoisotopic (exact) mass is 739 g/mol. The molecule has 0 bridgehead atoms. The molecule has 0 spiro atoms. The number of Topliss-reactive ketones (excluding diaryl/α,β-unsaturated/α-hetero) is 2. The van der Waals surface area contributed by atoms with Gasteiger partial charge in [0.25, 0.3) is 0 Å². The van der Waals surface area contributed by atoms with Gasteiger partial charge in [-0.15, -0.1) is 0 Å². The fraction of sp³-hybridized carbons (Fsp3) is 0.579. The lowest BCUT2D eigenvalue weighted by molar-refractivity contribution is -0.319. The van der Waals surface area contributed by atoms with Crippen molar-refractivity contribution in [1.29, 1.82) is 0 Å². The lowest BCUT2D eigenvalue weighted by Gasteiger charge is -2.45. The van der Waals surface area contributed by atoms with Gasteiger partial charge in [-0.2, -0.15) is 0 Å². The maximum atomic E-state index is 13.6. The van der Waals surface area contributed by atoms with Gasteiger partial charge in [0.15, 0.2) is 42.0 Å². The van der Waals surface area contributed by atoms with Crippen molar-refractivity contribution < 1.29 is 68.0 Å². The molecule has 15 nitrogen and oxygen atoms in total. The first-order chi connectivity index (χ1) is 25.1. The number of carbonyl (C=O) groups is 4. The van der Waals surface area contributed by atoms with E-state index in [1.165, 1.54) is 19.1 Å². The van der Waals surface area contributed by atoms with E-state index in [2.05, 4.69) is 0 Å². The summed E-state index contributed by atoms with van der Waals surface area (Å²) in [6, 6.07) is 5.36. The van der Waals surface area contributed by atoms with Crippen molar-refractivity contribution in [1.82, 2.24) is 0 Å². The lowest BCUT2D eigenvalue weighted by atomic mass is 9.72. The Morgan fingerprint density at radius 1 is 0.849 bits per heavy atom. The Morgan fingerprint density at radius 2 is 1.43 bits per heavy atom. The molecule has 3 heterocycles. The summed E-state index contributed by atoms with van der Waals surface area (Å²) in [4.78, 5) is 51.8. The van der Waals surface area contributed by atoms with Gasteiger partial charge >= 0.3 is 0 Å². The van der Waals surface area contributed by atoms with E-state index in [9.17, 15) is 39.6 Å². The normalized spacial score (nSPS) is 37.1. The summed E-state index contributed by atoms with van der Waals surface area (Å²) in [6.45, 7) is 6.30. The van der Waals surface area contributed by atoms with Crippen molar-refractivity contribution in [2.24, 2.45) is 5.73 Å². The summed E-state index contributed by atoms with van der Waals surface area (Å²) in [5, 5.41) is 45.6. The lowest BCUT2D eigenvalue weighted by Crippen LogP contribution is -2.57. The van der Waals surface area contributed by atoms with E-state index in [0.29, 0.717) is 12.8 Å². The maximum Gasteiger partial charge on any atom is 0.198 e. The molecule has 15 heteroatoms. The number of hydrogen-bond acceptors (Lipinski definition) is 15. The van der Waals surface area contributed by atoms with Crippen LogP contribution in [-0.4, -0.2) is 111 Å². The largest absolute Gasteiger partial charge is 0.507 e. The van der Waals surface area contributed by atoms with Crippen LogP contribution < -0.4 is 5.73 Å². The second kappa shape index (κ2) is 14.2. The minimum Gasteiger partial charge on any atom is -0.507 e. The molecule has 3 saturated heterocycles. The number of phenols is 2. The molecule has 286 valence electrons. The Bertz CT molecular complexity index is 1810. The molecule has 3 fully saturated rings. The Morgan fingerprint density at radius 3 is 2.02 bits per heavy atom. The van der Waals surface area contributed by atoms with E-state index in [1.807, 2.05) is 0 Å². The molecule has 2 aromatic rings. The second-order valence-electron chi connectivity index (χ2n) is 14.8. The number of aliphatic hydroxyl groups is 2. The topological polar surface area (TPSA) is 231 Å². The number of ketones is 4. The molecule has 0 amide bonds. The highest BCUT2D eigenvalue weighted by Crippen LogP contribution is 2.52. The first-order valence-electron chi connectivity index (χ1n) is 18.0. The predicted molar refractivity (Wildman–Crippen MR) is 181 cm³/mol. The Labute approximate surface area is 305 Å². The fourth-order valence-corrected chi connectivity index (χ4v) is 8.22. The number of hydrogen-bond donors (Lipinski definition) is 5. The molecule has 0 aromatic heterocycles. The zero-order chi connectivity index (χ0) is 38.1. The molecular formula is C38H45NO14. The van der Waals surface area contributed by atoms with Crippen LogP contribution in [-0.2, 0) is 44.4 Å². The minimum atomic E-state index is -2.04. The van der Waals surface area contributed by atoms with Crippen molar-refractivity contribution in [3.8, 4) is 11.5 Å². The number of ether oxygens (including phenoxy) is 6. The summed E-state index contributed by atoms with van der Waals surface area (Å²) in [5.41, 5.74) is 3.76. The van der Waals surface area contributed by atoms with E-state index < -0.39 is 114 Å². The summed E-state index contributed by atoms with van der Waals surface area (Å²) >= 11 is 0. The molecule has 5 unspecified atom stereocenters. The predicted octanol–water partition coefficient (Wildman–Crippen LogP) is 2.02. The molecule has 7 rings (SSSR count). The van der Waals surface area contributed by atoms with Crippen molar-refractivity contribution in [3.05, 3.63) is 57.6 Å². The SMILES string of the molecule is CC(=O)[C@]1(O)Cc2c(O)c3c(c(O)c2[C@@H](O[C@H]2CC(N)[C@H](O[C@H]4CC(O)[C@H](O[C@H]5CCC(=O)C(C)O5)C(C)O4)C(C)O2)C1)C(=O)c1ccccc1C3=O. The van der Waals surface area contributed by atoms with E-state index in [4.69, 9.17) is 34.2 Å². The van der Waals surface area contributed by atoms with Gasteiger partial charge in [-0.05, 0) is 27.7 Å². The number of nitrogens with two attached hydrogens (primary N) is 1. The summed E-state index contributed by atoms with van der Waals surface area (Å²) in [6.07, 6.45) is -8.09. The quantitative estimate of drug-likeness (QED) is 0.218.